The molecule has 0 fully saturated rings. The average Bonchev–Trinajstić information content (AvgIpc) is 2.78. The van der Waals surface area contributed by atoms with Gasteiger partial charge in [-0.2, -0.15) is 0 Å². The number of carbonyl (C=O) groups is 1. The molecule has 0 aliphatic heterocycles. The summed E-state index contributed by atoms with van der Waals surface area (Å²) in [7, 11) is 0. The van der Waals surface area contributed by atoms with Crippen LogP contribution in [-0.2, 0) is 4.79 Å². The maximum absolute atomic E-state index is 10.8. The third-order valence-electron chi connectivity index (χ3n) is 3.32. The fraction of sp³-hybridized carbons (Fsp3) is 0.400. The lowest BCUT2D eigenvalue weighted by atomic mass is 10.0. The lowest BCUT2D eigenvalue weighted by Crippen LogP contribution is -2.15. The Labute approximate surface area is 112 Å². The Morgan fingerprint density at radius 1 is 1.42 bits per heavy atom. The molecule has 2 rings (SSSR count). The van der Waals surface area contributed by atoms with Gasteiger partial charge in [0, 0.05) is 17.8 Å². The first kappa shape index (κ1) is 13.6. The fourth-order valence-corrected chi connectivity index (χ4v) is 2.27. The van der Waals surface area contributed by atoms with Crippen molar-refractivity contribution in [3.05, 3.63) is 35.6 Å². The van der Waals surface area contributed by atoms with Crippen LogP contribution in [0.5, 0.6) is 0 Å². The van der Waals surface area contributed by atoms with E-state index in [2.05, 4.69) is 13.8 Å². The summed E-state index contributed by atoms with van der Waals surface area (Å²) in [5.41, 5.74) is 7.63. The summed E-state index contributed by atoms with van der Waals surface area (Å²) in [6.07, 6.45) is -0.00661. The average molecular weight is 261 g/mol. The van der Waals surface area contributed by atoms with Crippen molar-refractivity contribution in [3.8, 4) is 0 Å². The van der Waals surface area contributed by atoms with Gasteiger partial charge in [0.05, 0.1) is 6.42 Å². The van der Waals surface area contributed by atoms with Gasteiger partial charge >= 0.3 is 5.97 Å². The van der Waals surface area contributed by atoms with Crippen molar-refractivity contribution in [3.63, 3.8) is 0 Å². The van der Waals surface area contributed by atoms with Gasteiger partial charge in [-0.15, -0.1) is 0 Å². The van der Waals surface area contributed by atoms with Crippen molar-refractivity contribution in [1.82, 2.24) is 0 Å². The number of para-hydroxylation sites is 1. The van der Waals surface area contributed by atoms with Gasteiger partial charge in [0.25, 0.3) is 0 Å². The molecule has 1 heterocycles. The number of carboxylic acid groups (broad SMARTS) is 1. The van der Waals surface area contributed by atoms with E-state index in [9.17, 15) is 4.79 Å². The number of carboxylic acids is 1. The number of fused-ring (bicyclic) bond motifs is 1. The van der Waals surface area contributed by atoms with Gasteiger partial charge in [0.1, 0.15) is 11.3 Å². The van der Waals surface area contributed by atoms with Crippen molar-refractivity contribution in [2.24, 2.45) is 5.73 Å². The molecule has 4 nitrogen and oxygen atoms in total. The van der Waals surface area contributed by atoms with Crippen LogP contribution in [-0.4, -0.2) is 17.6 Å². The molecule has 0 amide bonds. The predicted octanol–water partition coefficient (Wildman–Crippen LogP) is 3.07. The minimum atomic E-state index is -0.861. The quantitative estimate of drug-likeness (QED) is 0.867. The Bertz CT molecular complexity index is 586. The first-order valence-corrected chi connectivity index (χ1v) is 6.47. The molecule has 0 radical (unpaired) electrons. The molecule has 0 bridgehead atoms. The van der Waals surface area contributed by atoms with Gasteiger partial charge in [-0.05, 0) is 17.5 Å². The first-order chi connectivity index (χ1) is 9.02. The smallest absolute Gasteiger partial charge is 0.304 e. The lowest BCUT2D eigenvalue weighted by molar-refractivity contribution is -0.137. The minimum Gasteiger partial charge on any atom is -0.481 e. The van der Waals surface area contributed by atoms with Crippen LogP contribution in [0, 0.1) is 0 Å². The molecule has 1 atom stereocenters. The Kier molecular flexibility index (Phi) is 3.90. The van der Waals surface area contributed by atoms with E-state index in [1.54, 1.807) is 0 Å². The summed E-state index contributed by atoms with van der Waals surface area (Å²) in [4.78, 5) is 10.8. The van der Waals surface area contributed by atoms with Gasteiger partial charge in [0.2, 0.25) is 0 Å². The van der Waals surface area contributed by atoms with Crippen LogP contribution < -0.4 is 5.73 Å². The molecule has 1 aromatic carbocycles. The Morgan fingerprint density at radius 3 is 2.74 bits per heavy atom. The Balaban J connectivity index is 2.45. The summed E-state index contributed by atoms with van der Waals surface area (Å²) in [6, 6.07) is 7.91. The molecule has 0 saturated carbocycles. The second-order valence-electron chi connectivity index (χ2n) is 5.10. The topological polar surface area (TPSA) is 76.5 Å². The van der Waals surface area contributed by atoms with E-state index < -0.39 is 5.97 Å². The molecular formula is C15H19NO3. The number of rotatable bonds is 5. The van der Waals surface area contributed by atoms with Gasteiger partial charge in [-0.25, -0.2) is 0 Å². The highest BCUT2D eigenvalue weighted by atomic mass is 16.4. The zero-order valence-electron chi connectivity index (χ0n) is 11.2. The molecule has 0 spiro atoms. The molecule has 1 aromatic heterocycles. The molecule has 0 saturated heterocycles. The number of nitrogens with two attached hydrogens (primary N) is 1. The van der Waals surface area contributed by atoms with Crippen molar-refractivity contribution in [2.45, 2.75) is 32.1 Å². The molecule has 2 aromatic rings. The van der Waals surface area contributed by atoms with Crippen LogP contribution >= 0.6 is 0 Å². The molecular weight excluding hydrogens is 242 g/mol. The van der Waals surface area contributed by atoms with E-state index in [4.69, 9.17) is 15.3 Å². The maximum atomic E-state index is 10.8. The standard InChI is InChI=1S/C15H19NO3/c1-9(2)12-5-3-4-10-6-13(19-15(10)12)11(8-16)7-14(17)18/h3-6,9,11H,7-8,16H2,1-2H3,(H,17,18). The molecule has 19 heavy (non-hydrogen) atoms. The zero-order valence-corrected chi connectivity index (χ0v) is 11.2. The van der Waals surface area contributed by atoms with Crippen LogP contribution in [0.3, 0.4) is 0 Å². The Morgan fingerprint density at radius 2 is 2.16 bits per heavy atom. The number of hydrogen-bond acceptors (Lipinski definition) is 3. The third kappa shape index (κ3) is 2.79. The predicted molar refractivity (Wildman–Crippen MR) is 74.4 cm³/mol. The molecule has 102 valence electrons. The van der Waals surface area contributed by atoms with Crippen molar-refractivity contribution >= 4 is 16.9 Å². The highest BCUT2D eigenvalue weighted by Crippen LogP contribution is 2.31. The van der Waals surface area contributed by atoms with Crippen LogP contribution in [0.1, 0.15) is 43.4 Å². The molecule has 3 N–H and O–H groups in total. The van der Waals surface area contributed by atoms with Crippen molar-refractivity contribution < 1.29 is 14.3 Å². The van der Waals surface area contributed by atoms with Crippen LogP contribution in [0.25, 0.3) is 11.0 Å². The molecule has 1 unspecified atom stereocenters. The van der Waals surface area contributed by atoms with Crippen LogP contribution in [0.15, 0.2) is 28.7 Å². The van der Waals surface area contributed by atoms with E-state index in [1.807, 2.05) is 24.3 Å². The highest BCUT2D eigenvalue weighted by molar-refractivity contribution is 5.82. The second kappa shape index (κ2) is 5.45. The largest absolute Gasteiger partial charge is 0.481 e. The molecule has 4 heteroatoms. The monoisotopic (exact) mass is 261 g/mol. The molecule has 0 aliphatic rings. The van der Waals surface area contributed by atoms with Gasteiger partial charge in [-0.1, -0.05) is 32.0 Å². The number of aliphatic carboxylic acids is 1. The van der Waals surface area contributed by atoms with Crippen molar-refractivity contribution in [2.75, 3.05) is 6.54 Å². The maximum Gasteiger partial charge on any atom is 0.304 e. The lowest BCUT2D eigenvalue weighted by Gasteiger charge is -2.08. The SMILES string of the molecule is CC(C)c1cccc2cc(C(CN)CC(=O)O)oc12. The van der Waals surface area contributed by atoms with E-state index in [1.165, 1.54) is 0 Å². The van der Waals surface area contributed by atoms with Gasteiger partial charge in [-0.3, -0.25) is 4.79 Å². The molecule has 0 aliphatic carbocycles. The zero-order chi connectivity index (χ0) is 14.0. The van der Waals surface area contributed by atoms with Crippen LogP contribution in [0.2, 0.25) is 0 Å². The van der Waals surface area contributed by atoms with Gasteiger partial charge in [0.15, 0.2) is 0 Å². The number of furan rings is 1. The summed E-state index contributed by atoms with van der Waals surface area (Å²) in [5, 5.41) is 9.90. The fourth-order valence-electron chi connectivity index (χ4n) is 2.27. The summed E-state index contributed by atoms with van der Waals surface area (Å²) in [5.74, 6) is -0.114. The normalized spacial score (nSPS) is 13.1. The summed E-state index contributed by atoms with van der Waals surface area (Å²) >= 11 is 0. The summed E-state index contributed by atoms with van der Waals surface area (Å²) in [6.45, 7) is 4.48. The summed E-state index contributed by atoms with van der Waals surface area (Å²) < 4.78 is 5.87. The van der Waals surface area contributed by atoms with E-state index in [-0.39, 0.29) is 18.9 Å². The second-order valence-corrected chi connectivity index (χ2v) is 5.10. The number of benzene rings is 1. The Hall–Kier alpha value is -1.81. The van der Waals surface area contributed by atoms with E-state index >= 15 is 0 Å². The first-order valence-electron chi connectivity index (χ1n) is 6.47. The highest BCUT2D eigenvalue weighted by Gasteiger charge is 2.19. The third-order valence-corrected chi connectivity index (χ3v) is 3.32. The van der Waals surface area contributed by atoms with Crippen LogP contribution in [0.4, 0.5) is 0 Å². The van der Waals surface area contributed by atoms with Crippen molar-refractivity contribution in [1.29, 1.82) is 0 Å². The van der Waals surface area contributed by atoms with E-state index in [0.717, 1.165) is 16.5 Å². The van der Waals surface area contributed by atoms with Gasteiger partial charge < -0.3 is 15.3 Å². The minimum absolute atomic E-state index is 0.00661. The number of hydrogen-bond donors (Lipinski definition) is 2. The van der Waals surface area contributed by atoms with E-state index in [0.29, 0.717) is 11.7 Å².